The summed E-state index contributed by atoms with van der Waals surface area (Å²) < 4.78 is 5.56. The van der Waals surface area contributed by atoms with Crippen LogP contribution in [0.15, 0.2) is 18.2 Å². The van der Waals surface area contributed by atoms with E-state index in [9.17, 15) is 14.4 Å². The zero-order valence-corrected chi connectivity index (χ0v) is 12.8. The first-order valence-corrected chi connectivity index (χ1v) is 7.23. The number of unbranched alkanes of at least 4 members (excludes halogenated alkanes) is 2. The largest absolute Gasteiger partial charge is 0.494 e. The van der Waals surface area contributed by atoms with Gasteiger partial charge in [-0.3, -0.25) is 9.59 Å². The molecule has 0 saturated carbocycles. The first-order chi connectivity index (χ1) is 9.97. The third-order valence-electron chi connectivity index (χ3n) is 3.15. The number of carbonyl (C=O) groups excluding carboxylic acids is 3. The number of Topliss-reactive ketones (excluding diaryl/α,β-unsaturated/α-hetero) is 2. The van der Waals surface area contributed by atoms with Crippen molar-refractivity contribution in [2.75, 3.05) is 6.61 Å². The van der Waals surface area contributed by atoms with Crippen LogP contribution in [-0.4, -0.2) is 24.5 Å². The van der Waals surface area contributed by atoms with Crippen LogP contribution in [-0.2, 0) is 4.79 Å². The van der Waals surface area contributed by atoms with Crippen LogP contribution in [0, 0.1) is 5.92 Å². The normalized spacial score (nSPS) is 10.5. The maximum Gasteiger partial charge on any atom is 0.166 e. The smallest absolute Gasteiger partial charge is 0.166 e. The second kappa shape index (κ2) is 8.35. The van der Waals surface area contributed by atoms with Gasteiger partial charge in [-0.15, -0.1) is 0 Å². The molecule has 4 heteroatoms. The highest BCUT2D eigenvalue weighted by Crippen LogP contribution is 2.21. The number of hydrogen-bond donors (Lipinski definition) is 0. The lowest BCUT2D eigenvalue weighted by atomic mass is 9.94. The molecule has 1 rings (SSSR count). The Bertz CT molecular complexity index is 518. The van der Waals surface area contributed by atoms with Crippen LogP contribution in [0.5, 0.6) is 5.75 Å². The van der Waals surface area contributed by atoms with Gasteiger partial charge in [0, 0.05) is 23.5 Å². The SMILES string of the molecule is CC(=O)c1cc(OCCCCC=O)ccc1C(=O)C(C)C. The van der Waals surface area contributed by atoms with Gasteiger partial charge in [0.05, 0.1) is 6.61 Å². The summed E-state index contributed by atoms with van der Waals surface area (Å²) in [6, 6.07) is 4.99. The molecule has 0 aliphatic heterocycles. The number of ketones is 2. The zero-order chi connectivity index (χ0) is 15.8. The molecule has 1 aromatic rings. The van der Waals surface area contributed by atoms with Crippen molar-refractivity contribution >= 4 is 17.9 Å². The Kier molecular flexibility index (Phi) is 6.79. The molecule has 0 saturated heterocycles. The first kappa shape index (κ1) is 17.1. The van der Waals surface area contributed by atoms with Crippen molar-refractivity contribution in [1.82, 2.24) is 0 Å². The van der Waals surface area contributed by atoms with Gasteiger partial charge < -0.3 is 9.53 Å². The standard InChI is InChI=1S/C17H22O4/c1-12(2)17(20)15-8-7-14(11-16(15)13(3)19)21-10-6-4-5-9-18/h7-9,11-12H,4-6,10H2,1-3H3. The van der Waals surface area contributed by atoms with E-state index in [2.05, 4.69) is 0 Å². The number of hydrogen-bond acceptors (Lipinski definition) is 4. The van der Waals surface area contributed by atoms with E-state index < -0.39 is 0 Å². The fourth-order valence-electron chi connectivity index (χ4n) is 1.95. The average Bonchev–Trinajstić information content (AvgIpc) is 2.46. The molecule has 0 aromatic heterocycles. The Labute approximate surface area is 125 Å². The van der Waals surface area contributed by atoms with Crippen molar-refractivity contribution in [3.05, 3.63) is 29.3 Å². The molecule has 0 N–H and O–H groups in total. The number of rotatable bonds is 9. The lowest BCUT2D eigenvalue weighted by molar-refractivity contribution is -0.107. The molecule has 0 aliphatic carbocycles. The molecule has 0 unspecified atom stereocenters. The molecule has 0 aliphatic rings. The second-order valence-corrected chi connectivity index (χ2v) is 5.29. The van der Waals surface area contributed by atoms with Gasteiger partial charge in [-0.2, -0.15) is 0 Å². The second-order valence-electron chi connectivity index (χ2n) is 5.29. The van der Waals surface area contributed by atoms with Gasteiger partial charge in [0.2, 0.25) is 0 Å². The molecule has 21 heavy (non-hydrogen) atoms. The van der Waals surface area contributed by atoms with Gasteiger partial charge in [-0.25, -0.2) is 0 Å². The van der Waals surface area contributed by atoms with Crippen molar-refractivity contribution in [3.63, 3.8) is 0 Å². The van der Waals surface area contributed by atoms with Gasteiger partial charge in [-0.05, 0) is 38.0 Å². The van der Waals surface area contributed by atoms with Gasteiger partial charge in [0.1, 0.15) is 12.0 Å². The number of carbonyl (C=O) groups is 3. The molecule has 0 fully saturated rings. The minimum atomic E-state index is -0.154. The van der Waals surface area contributed by atoms with Crippen LogP contribution in [0.3, 0.4) is 0 Å². The fourth-order valence-corrected chi connectivity index (χ4v) is 1.95. The summed E-state index contributed by atoms with van der Waals surface area (Å²) in [7, 11) is 0. The molecular formula is C17H22O4. The quantitative estimate of drug-likeness (QED) is 0.397. The molecule has 0 amide bonds. The molecular weight excluding hydrogens is 268 g/mol. The summed E-state index contributed by atoms with van der Waals surface area (Å²) in [5.74, 6) is 0.230. The van der Waals surface area contributed by atoms with Gasteiger partial charge in [0.25, 0.3) is 0 Å². The van der Waals surface area contributed by atoms with E-state index in [0.717, 1.165) is 19.1 Å². The van der Waals surface area contributed by atoms with E-state index in [1.807, 2.05) is 13.8 Å². The highest BCUT2D eigenvalue weighted by molar-refractivity contribution is 6.08. The van der Waals surface area contributed by atoms with Crippen LogP contribution in [0.25, 0.3) is 0 Å². The molecule has 0 spiro atoms. The summed E-state index contributed by atoms with van der Waals surface area (Å²) >= 11 is 0. The van der Waals surface area contributed by atoms with Gasteiger partial charge >= 0.3 is 0 Å². The fraction of sp³-hybridized carbons (Fsp3) is 0.471. The first-order valence-electron chi connectivity index (χ1n) is 7.23. The highest BCUT2D eigenvalue weighted by atomic mass is 16.5. The van der Waals surface area contributed by atoms with Crippen molar-refractivity contribution < 1.29 is 19.1 Å². The third-order valence-corrected chi connectivity index (χ3v) is 3.15. The van der Waals surface area contributed by atoms with E-state index in [1.165, 1.54) is 6.92 Å². The number of ether oxygens (including phenoxy) is 1. The molecule has 0 heterocycles. The molecule has 0 radical (unpaired) electrons. The molecule has 1 aromatic carbocycles. The Morgan fingerprint density at radius 3 is 2.48 bits per heavy atom. The maximum atomic E-state index is 12.1. The monoisotopic (exact) mass is 290 g/mol. The van der Waals surface area contributed by atoms with E-state index in [4.69, 9.17) is 4.74 Å². The third kappa shape index (κ3) is 5.14. The number of benzene rings is 1. The van der Waals surface area contributed by atoms with E-state index in [-0.39, 0.29) is 17.5 Å². The molecule has 0 bridgehead atoms. The van der Waals surface area contributed by atoms with E-state index in [0.29, 0.717) is 29.9 Å². The summed E-state index contributed by atoms with van der Waals surface area (Å²) in [5.41, 5.74) is 0.852. The molecule has 114 valence electrons. The topological polar surface area (TPSA) is 60.4 Å². The van der Waals surface area contributed by atoms with Crippen LogP contribution >= 0.6 is 0 Å². The number of aldehydes is 1. The van der Waals surface area contributed by atoms with Crippen LogP contribution in [0.4, 0.5) is 0 Å². The average molecular weight is 290 g/mol. The highest BCUT2D eigenvalue weighted by Gasteiger charge is 2.18. The predicted octanol–water partition coefficient (Wildman–Crippen LogP) is 3.48. The molecule has 0 atom stereocenters. The predicted molar refractivity (Wildman–Crippen MR) is 81.0 cm³/mol. The van der Waals surface area contributed by atoms with Crippen LogP contribution in [0.1, 0.15) is 60.7 Å². The van der Waals surface area contributed by atoms with Crippen molar-refractivity contribution in [2.45, 2.75) is 40.0 Å². The summed E-state index contributed by atoms with van der Waals surface area (Å²) in [5, 5.41) is 0. The van der Waals surface area contributed by atoms with E-state index >= 15 is 0 Å². The minimum absolute atomic E-state index is 0.0438. The van der Waals surface area contributed by atoms with Gasteiger partial charge in [-0.1, -0.05) is 13.8 Å². The van der Waals surface area contributed by atoms with Crippen molar-refractivity contribution in [3.8, 4) is 5.75 Å². The van der Waals surface area contributed by atoms with Crippen molar-refractivity contribution in [2.24, 2.45) is 5.92 Å². The Balaban J connectivity index is 2.81. The van der Waals surface area contributed by atoms with Gasteiger partial charge in [0.15, 0.2) is 11.6 Å². The van der Waals surface area contributed by atoms with E-state index in [1.54, 1.807) is 18.2 Å². The summed E-state index contributed by atoms with van der Waals surface area (Å²) in [6.45, 7) is 5.55. The Hall–Kier alpha value is -1.97. The maximum absolute atomic E-state index is 12.1. The summed E-state index contributed by atoms with van der Waals surface area (Å²) in [4.78, 5) is 34.0. The zero-order valence-electron chi connectivity index (χ0n) is 12.8. The van der Waals surface area contributed by atoms with Crippen LogP contribution in [0.2, 0.25) is 0 Å². The lowest BCUT2D eigenvalue weighted by Crippen LogP contribution is -2.13. The Morgan fingerprint density at radius 1 is 1.19 bits per heavy atom. The Morgan fingerprint density at radius 2 is 1.90 bits per heavy atom. The minimum Gasteiger partial charge on any atom is -0.494 e. The van der Waals surface area contributed by atoms with Crippen molar-refractivity contribution in [1.29, 1.82) is 0 Å². The summed E-state index contributed by atoms with van der Waals surface area (Å²) in [6.07, 6.45) is 2.98. The van der Waals surface area contributed by atoms with Crippen LogP contribution < -0.4 is 4.74 Å². The molecule has 4 nitrogen and oxygen atoms in total. The lowest BCUT2D eigenvalue weighted by Gasteiger charge is -2.12.